The lowest BCUT2D eigenvalue weighted by Crippen LogP contribution is -2.36. The molecule has 2 aromatic carbocycles. The van der Waals surface area contributed by atoms with Gasteiger partial charge >= 0.3 is 0 Å². The van der Waals surface area contributed by atoms with E-state index in [1.807, 2.05) is 11.8 Å². The molecule has 1 saturated carbocycles. The molecule has 1 aliphatic carbocycles. The summed E-state index contributed by atoms with van der Waals surface area (Å²) in [4.78, 5) is 0. The molecule has 1 fully saturated rings. The molecule has 3 rings (SSSR count). The molecule has 2 aromatic rings. The Morgan fingerprint density at radius 1 is 1.10 bits per heavy atom. The Labute approximate surface area is 132 Å². The number of fused-ring (bicyclic) bond motifs is 1. The third kappa shape index (κ3) is 3.44. The number of hydrogen-bond donors (Lipinski definition) is 1. The highest BCUT2D eigenvalue weighted by atomic mass is 32.2. The summed E-state index contributed by atoms with van der Waals surface area (Å²) >= 11 is 2.03. The normalized spacial score (nSPS) is 24.1. The fourth-order valence-electron chi connectivity index (χ4n) is 3.58. The summed E-state index contributed by atoms with van der Waals surface area (Å²) < 4.78 is 0. The minimum absolute atomic E-state index is 0.418. The lowest BCUT2D eigenvalue weighted by molar-refractivity contribution is 0.354. The largest absolute Gasteiger partial charge is 0.307 e. The first kappa shape index (κ1) is 14.9. The highest BCUT2D eigenvalue weighted by molar-refractivity contribution is 7.99. The predicted molar refractivity (Wildman–Crippen MR) is 95.1 cm³/mol. The van der Waals surface area contributed by atoms with Crippen molar-refractivity contribution in [1.82, 2.24) is 5.32 Å². The van der Waals surface area contributed by atoms with Crippen molar-refractivity contribution in [2.75, 3.05) is 6.26 Å². The Bertz CT molecular complexity index is 590. The van der Waals surface area contributed by atoms with Gasteiger partial charge in [0.2, 0.25) is 0 Å². The molecule has 3 atom stereocenters. The van der Waals surface area contributed by atoms with Crippen LogP contribution in [0, 0.1) is 0 Å². The molecule has 0 saturated heterocycles. The van der Waals surface area contributed by atoms with Gasteiger partial charge in [0.05, 0.1) is 0 Å². The first-order chi connectivity index (χ1) is 10.3. The van der Waals surface area contributed by atoms with Crippen molar-refractivity contribution in [2.24, 2.45) is 0 Å². The Balaban J connectivity index is 1.76. The zero-order valence-electron chi connectivity index (χ0n) is 13.0. The van der Waals surface area contributed by atoms with Gasteiger partial charge in [-0.05, 0) is 48.8 Å². The van der Waals surface area contributed by atoms with Gasteiger partial charge < -0.3 is 5.32 Å². The second kappa shape index (κ2) is 6.85. The van der Waals surface area contributed by atoms with Crippen molar-refractivity contribution in [1.29, 1.82) is 0 Å². The zero-order valence-corrected chi connectivity index (χ0v) is 13.8. The van der Waals surface area contributed by atoms with Crippen LogP contribution in [-0.2, 0) is 0 Å². The van der Waals surface area contributed by atoms with Crippen LogP contribution in [0.1, 0.15) is 44.2 Å². The lowest BCUT2D eigenvalue weighted by atomic mass is 9.93. The van der Waals surface area contributed by atoms with Crippen LogP contribution < -0.4 is 5.32 Å². The summed E-state index contributed by atoms with van der Waals surface area (Å²) in [6.07, 6.45) is 7.65. The summed E-state index contributed by atoms with van der Waals surface area (Å²) in [5, 5.41) is 7.45. The molecular weight excluding hydrogens is 274 g/mol. The highest BCUT2D eigenvalue weighted by Gasteiger charge is 2.23. The molecule has 1 nitrogen and oxygen atoms in total. The van der Waals surface area contributed by atoms with E-state index >= 15 is 0 Å². The standard InChI is InChI=1S/C19H25NS/c1-14(20-16-9-6-10-17(13-16)21-2)18-12-5-8-15-7-3-4-11-19(15)18/h3-5,7-8,11-12,14,16-17,20H,6,9-10,13H2,1-2H3. The average molecular weight is 299 g/mol. The number of hydrogen-bond acceptors (Lipinski definition) is 2. The smallest absolute Gasteiger partial charge is 0.0300 e. The van der Waals surface area contributed by atoms with E-state index in [0.717, 1.165) is 5.25 Å². The average Bonchev–Trinajstić information content (AvgIpc) is 2.54. The number of nitrogens with one attached hydrogen (secondary N) is 1. The molecule has 112 valence electrons. The van der Waals surface area contributed by atoms with Crippen molar-refractivity contribution in [3.8, 4) is 0 Å². The summed E-state index contributed by atoms with van der Waals surface area (Å²) in [7, 11) is 0. The lowest BCUT2D eigenvalue weighted by Gasteiger charge is -2.31. The Morgan fingerprint density at radius 2 is 1.90 bits per heavy atom. The Morgan fingerprint density at radius 3 is 2.76 bits per heavy atom. The molecule has 2 heteroatoms. The summed E-state index contributed by atoms with van der Waals surface area (Å²) in [5.74, 6) is 0. The van der Waals surface area contributed by atoms with Crippen molar-refractivity contribution in [3.05, 3.63) is 48.0 Å². The molecule has 0 spiro atoms. The second-order valence-corrected chi connectivity index (χ2v) is 7.32. The van der Waals surface area contributed by atoms with Crippen LogP contribution in [0.3, 0.4) is 0 Å². The zero-order chi connectivity index (χ0) is 14.7. The second-order valence-electron chi connectivity index (χ2n) is 6.18. The summed E-state index contributed by atoms with van der Waals surface area (Å²) in [5.41, 5.74) is 1.43. The van der Waals surface area contributed by atoms with Crippen molar-refractivity contribution < 1.29 is 0 Å². The molecule has 1 N–H and O–H groups in total. The fraction of sp³-hybridized carbons (Fsp3) is 0.474. The predicted octanol–water partition coefficient (Wildman–Crippen LogP) is 5.16. The molecular formula is C19H25NS. The maximum atomic E-state index is 3.88. The monoisotopic (exact) mass is 299 g/mol. The SMILES string of the molecule is CSC1CCCC(NC(C)c2cccc3ccccc23)C1. The van der Waals surface area contributed by atoms with Gasteiger partial charge in [0.1, 0.15) is 0 Å². The molecule has 0 aromatic heterocycles. The van der Waals surface area contributed by atoms with E-state index in [1.54, 1.807) is 0 Å². The van der Waals surface area contributed by atoms with Crippen LogP contribution in [0.15, 0.2) is 42.5 Å². The summed E-state index contributed by atoms with van der Waals surface area (Å²) in [6, 6.07) is 16.5. The number of rotatable bonds is 4. The molecule has 1 aliphatic rings. The Hall–Kier alpha value is -0.990. The van der Waals surface area contributed by atoms with E-state index in [-0.39, 0.29) is 0 Å². The van der Waals surface area contributed by atoms with E-state index in [1.165, 1.54) is 42.0 Å². The molecule has 0 aliphatic heterocycles. The number of thioether (sulfide) groups is 1. The first-order valence-electron chi connectivity index (χ1n) is 8.04. The van der Waals surface area contributed by atoms with Gasteiger partial charge in [-0.3, -0.25) is 0 Å². The van der Waals surface area contributed by atoms with E-state index < -0.39 is 0 Å². The maximum absolute atomic E-state index is 3.88. The van der Waals surface area contributed by atoms with E-state index in [4.69, 9.17) is 0 Å². The van der Waals surface area contributed by atoms with Crippen LogP contribution >= 0.6 is 11.8 Å². The van der Waals surface area contributed by atoms with Crippen molar-refractivity contribution in [2.45, 2.75) is 49.9 Å². The molecule has 3 unspecified atom stereocenters. The van der Waals surface area contributed by atoms with Gasteiger partial charge in [0.25, 0.3) is 0 Å². The van der Waals surface area contributed by atoms with Crippen LogP contribution in [0.25, 0.3) is 10.8 Å². The molecule has 21 heavy (non-hydrogen) atoms. The van der Waals surface area contributed by atoms with Crippen LogP contribution in [0.5, 0.6) is 0 Å². The quantitative estimate of drug-likeness (QED) is 0.836. The fourth-order valence-corrected chi connectivity index (χ4v) is 4.41. The molecule has 0 bridgehead atoms. The topological polar surface area (TPSA) is 12.0 Å². The molecule has 0 heterocycles. The third-order valence-corrected chi connectivity index (χ3v) is 5.83. The molecule has 0 amide bonds. The van der Waals surface area contributed by atoms with Crippen LogP contribution in [0.4, 0.5) is 0 Å². The van der Waals surface area contributed by atoms with Crippen molar-refractivity contribution >= 4 is 22.5 Å². The summed E-state index contributed by atoms with van der Waals surface area (Å²) in [6.45, 7) is 2.31. The number of benzene rings is 2. The minimum Gasteiger partial charge on any atom is -0.307 e. The van der Waals surface area contributed by atoms with E-state index in [9.17, 15) is 0 Å². The van der Waals surface area contributed by atoms with E-state index in [2.05, 4.69) is 61.0 Å². The van der Waals surface area contributed by atoms with Gasteiger partial charge in [-0.2, -0.15) is 11.8 Å². The maximum Gasteiger partial charge on any atom is 0.0300 e. The van der Waals surface area contributed by atoms with Crippen molar-refractivity contribution in [3.63, 3.8) is 0 Å². The Kier molecular flexibility index (Phi) is 4.87. The van der Waals surface area contributed by atoms with E-state index in [0.29, 0.717) is 12.1 Å². The van der Waals surface area contributed by atoms with Crippen LogP contribution in [0.2, 0.25) is 0 Å². The highest BCUT2D eigenvalue weighted by Crippen LogP contribution is 2.30. The van der Waals surface area contributed by atoms with Gasteiger partial charge in [0, 0.05) is 17.3 Å². The van der Waals surface area contributed by atoms with Gasteiger partial charge in [-0.15, -0.1) is 0 Å². The third-order valence-electron chi connectivity index (χ3n) is 4.73. The minimum atomic E-state index is 0.418. The van der Waals surface area contributed by atoms with Gasteiger partial charge in [-0.1, -0.05) is 48.9 Å². The first-order valence-corrected chi connectivity index (χ1v) is 9.33. The van der Waals surface area contributed by atoms with Crippen LogP contribution in [-0.4, -0.2) is 17.5 Å². The van der Waals surface area contributed by atoms with Gasteiger partial charge in [0.15, 0.2) is 0 Å². The molecule has 0 radical (unpaired) electrons. The van der Waals surface area contributed by atoms with Gasteiger partial charge in [-0.25, -0.2) is 0 Å².